The average Bonchev–Trinajstić information content (AvgIpc) is 2.28. The molecule has 1 atom stereocenters. The van der Waals surface area contributed by atoms with Crippen molar-refractivity contribution in [1.29, 1.82) is 0 Å². The molecule has 0 spiro atoms. The highest BCUT2D eigenvalue weighted by Gasteiger charge is 2.27. The fourth-order valence-electron chi connectivity index (χ4n) is 2.66. The Balaban J connectivity index is 2.35. The van der Waals surface area contributed by atoms with Crippen LogP contribution < -0.4 is 5.32 Å². The first-order chi connectivity index (χ1) is 7.19. The van der Waals surface area contributed by atoms with Gasteiger partial charge in [-0.05, 0) is 38.6 Å². The van der Waals surface area contributed by atoms with Gasteiger partial charge in [0.2, 0.25) is 0 Å². The van der Waals surface area contributed by atoms with Crippen molar-refractivity contribution >= 4 is 5.78 Å². The molecule has 0 amide bonds. The number of Topliss-reactive ketones (excluding diaryl/α,β-unsaturated/α-hetero) is 1. The fourth-order valence-corrected chi connectivity index (χ4v) is 2.66. The summed E-state index contributed by atoms with van der Waals surface area (Å²) < 4.78 is 0. The minimum atomic E-state index is 0.193. The topological polar surface area (TPSA) is 29.1 Å². The van der Waals surface area contributed by atoms with E-state index in [-0.39, 0.29) is 5.92 Å². The van der Waals surface area contributed by atoms with Crippen molar-refractivity contribution in [2.45, 2.75) is 46.0 Å². The van der Waals surface area contributed by atoms with E-state index >= 15 is 0 Å². The number of hydrogen-bond donors (Lipinski definition) is 1. The Morgan fingerprint density at radius 3 is 2.40 bits per heavy atom. The number of carbonyl (C=O) groups excluding carboxylic acids is 1. The molecule has 0 aliphatic heterocycles. The van der Waals surface area contributed by atoms with Gasteiger partial charge in [0.05, 0.1) is 0 Å². The first-order valence-corrected chi connectivity index (χ1v) is 6.37. The van der Waals surface area contributed by atoms with Crippen molar-refractivity contribution in [2.75, 3.05) is 13.6 Å². The van der Waals surface area contributed by atoms with Crippen LogP contribution in [0.15, 0.2) is 0 Å². The second-order valence-corrected chi connectivity index (χ2v) is 4.99. The monoisotopic (exact) mass is 211 g/mol. The number of hydrogen-bond acceptors (Lipinski definition) is 2. The number of carbonyl (C=O) groups is 1. The van der Waals surface area contributed by atoms with Gasteiger partial charge in [-0.15, -0.1) is 0 Å². The van der Waals surface area contributed by atoms with Crippen molar-refractivity contribution < 1.29 is 4.79 Å². The van der Waals surface area contributed by atoms with Gasteiger partial charge in [0.15, 0.2) is 0 Å². The molecule has 0 radical (unpaired) electrons. The highest BCUT2D eigenvalue weighted by atomic mass is 16.1. The smallest absolute Gasteiger partial charge is 0.140 e. The highest BCUT2D eigenvalue weighted by molar-refractivity contribution is 5.83. The third-order valence-corrected chi connectivity index (χ3v) is 3.82. The zero-order chi connectivity index (χ0) is 11.3. The lowest BCUT2D eigenvalue weighted by molar-refractivity contribution is -0.127. The van der Waals surface area contributed by atoms with Crippen LogP contribution in [-0.2, 0) is 4.79 Å². The van der Waals surface area contributed by atoms with E-state index in [0.29, 0.717) is 11.7 Å². The quantitative estimate of drug-likeness (QED) is 0.757. The highest BCUT2D eigenvalue weighted by Crippen LogP contribution is 2.32. The molecule has 0 aromatic rings. The Kier molecular flexibility index (Phi) is 5.30. The molecule has 2 nitrogen and oxygen atoms in total. The minimum Gasteiger partial charge on any atom is -0.319 e. The molecule has 0 aromatic carbocycles. The van der Waals surface area contributed by atoms with Crippen molar-refractivity contribution in [3.8, 4) is 0 Å². The Hall–Kier alpha value is -0.370. The first kappa shape index (κ1) is 12.7. The van der Waals surface area contributed by atoms with E-state index in [2.05, 4.69) is 12.2 Å². The van der Waals surface area contributed by atoms with Gasteiger partial charge in [-0.1, -0.05) is 20.3 Å². The summed E-state index contributed by atoms with van der Waals surface area (Å²) in [6.07, 6.45) is 6.07. The SMILES string of the molecule is CCC1CCC(C(=O)C(C)CNC)CC1. The summed E-state index contributed by atoms with van der Waals surface area (Å²) in [5, 5.41) is 3.09. The molecule has 0 heterocycles. The predicted molar refractivity (Wildman–Crippen MR) is 63.8 cm³/mol. The summed E-state index contributed by atoms with van der Waals surface area (Å²) in [6, 6.07) is 0. The molecule has 1 fully saturated rings. The van der Waals surface area contributed by atoms with E-state index in [0.717, 1.165) is 25.3 Å². The van der Waals surface area contributed by atoms with Crippen molar-refractivity contribution in [3.05, 3.63) is 0 Å². The van der Waals surface area contributed by atoms with Gasteiger partial charge in [0.1, 0.15) is 5.78 Å². The van der Waals surface area contributed by atoms with Crippen LogP contribution >= 0.6 is 0 Å². The molecular formula is C13H25NO. The molecule has 1 aliphatic carbocycles. The van der Waals surface area contributed by atoms with E-state index in [9.17, 15) is 4.79 Å². The average molecular weight is 211 g/mol. The van der Waals surface area contributed by atoms with Gasteiger partial charge in [0.25, 0.3) is 0 Å². The van der Waals surface area contributed by atoms with Crippen molar-refractivity contribution in [3.63, 3.8) is 0 Å². The van der Waals surface area contributed by atoms with Gasteiger partial charge in [-0.25, -0.2) is 0 Å². The van der Waals surface area contributed by atoms with Crippen LogP contribution in [0.2, 0.25) is 0 Å². The Labute approximate surface area is 93.8 Å². The molecule has 88 valence electrons. The van der Waals surface area contributed by atoms with Crippen LogP contribution in [0.25, 0.3) is 0 Å². The van der Waals surface area contributed by atoms with Gasteiger partial charge in [-0.3, -0.25) is 4.79 Å². The summed E-state index contributed by atoms with van der Waals surface area (Å²) in [6.45, 7) is 5.13. The van der Waals surface area contributed by atoms with Gasteiger partial charge in [0, 0.05) is 18.4 Å². The number of rotatable bonds is 5. The Bertz CT molecular complexity index is 195. The lowest BCUT2D eigenvalue weighted by Gasteiger charge is -2.28. The zero-order valence-corrected chi connectivity index (χ0v) is 10.4. The molecule has 1 saturated carbocycles. The lowest BCUT2D eigenvalue weighted by atomic mass is 9.77. The molecule has 0 saturated heterocycles. The molecular weight excluding hydrogens is 186 g/mol. The van der Waals surface area contributed by atoms with Gasteiger partial charge in [-0.2, -0.15) is 0 Å². The van der Waals surface area contributed by atoms with Crippen LogP contribution in [-0.4, -0.2) is 19.4 Å². The van der Waals surface area contributed by atoms with Crippen molar-refractivity contribution in [2.24, 2.45) is 17.8 Å². The van der Waals surface area contributed by atoms with Gasteiger partial charge >= 0.3 is 0 Å². The summed E-state index contributed by atoms with van der Waals surface area (Å²) in [5.74, 6) is 1.92. The fraction of sp³-hybridized carbons (Fsp3) is 0.923. The maximum absolute atomic E-state index is 12.0. The van der Waals surface area contributed by atoms with Crippen LogP contribution in [0.3, 0.4) is 0 Å². The summed E-state index contributed by atoms with van der Waals surface area (Å²) in [5.41, 5.74) is 0. The first-order valence-electron chi connectivity index (χ1n) is 6.37. The molecule has 0 bridgehead atoms. The molecule has 1 aliphatic rings. The van der Waals surface area contributed by atoms with E-state index in [4.69, 9.17) is 0 Å². The largest absolute Gasteiger partial charge is 0.319 e. The maximum atomic E-state index is 12.0. The third-order valence-electron chi connectivity index (χ3n) is 3.82. The van der Waals surface area contributed by atoms with Gasteiger partial charge < -0.3 is 5.32 Å². The molecule has 1 N–H and O–H groups in total. The van der Waals surface area contributed by atoms with E-state index in [1.54, 1.807) is 0 Å². The third kappa shape index (κ3) is 3.60. The Morgan fingerprint density at radius 1 is 1.33 bits per heavy atom. The lowest BCUT2D eigenvalue weighted by Crippen LogP contribution is -2.31. The summed E-state index contributed by atoms with van der Waals surface area (Å²) in [7, 11) is 1.91. The number of nitrogens with one attached hydrogen (secondary N) is 1. The minimum absolute atomic E-state index is 0.193. The molecule has 1 unspecified atom stereocenters. The van der Waals surface area contributed by atoms with E-state index < -0.39 is 0 Å². The van der Waals surface area contributed by atoms with Crippen LogP contribution in [0.1, 0.15) is 46.0 Å². The molecule has 0 aromatic heterocycles. The van der Waals surface area contributed by atoms with Crippen LogP contribution in [0.4, 0.5) is 0 Å². The van der Waals surface area contributed by atoms with Crippen molar-refractivity contribution in [1.82, 2.24) is 5.32 Å². The summed E-state index contributed by atoms with van der Waals surface area (Å²) in [4.78, 5) is 12.0. The second kappa shape index (κ2) is 6.26. The molecule has 2 heteroatoms. The normalized spacial score (nSPS) is 28.7. The summed E-state index contributed by atoms with van der Waals surface area (Å²) >= 11 is 0. The standard InChI is InChI=1S/C13H25NO/c1-4-11-5-7-12(8-6-11)13(15)10(2)9-14-3/h10-12,14H,4-9H2,1-3H3. The molecule has 15 heavy (non-hydrogen) atoms. The van der Waals surface area contributed by atoms with E-state index in [1.807, 2.05) is 14.0 Å². The van der Waals surface area contributed by atoms with Crippen LogP contribution in [0, 0.1) is 17.8 Å². The molecule has 1 rings (SSSR count). The second-order valence-electron chi connectivity index (χ2n) is 4.99. The maximum Gasteiger partial charge on any atom is 0.140 e. The predicted octanol–water partition coefficient (Wildman–Crippen LogP) is 2.63. The van der Waals surface area contributed by atoms with E-state index in [1.165, 1.54) is 19.3 Å². The van der Waals surface area contributed by atoms with Crippen LogP contribution in [0.5, 0.6) is 0 Å². The Morgan fingerprint density at radius 2 is 1.93 bits per heavy atom. The number of ketones is 1. The zero-order valence-electron chi connectivity index (χ0n) is 10.4.